The molecule has 1 aliphatic rings. The van der Waals surface area contributed by atoms with Crippen LogP contribution < -0.4 is 4.31 Å². The van der Waals surface area contributed by atoms with Crippen molar-refractivity contribution in [3.05, 3.63) is 57.5 Å². The lowest BCUT2D eigenvalue weighted by atomic mass is 10.2. The number of carbonyl (C=O) groups is 1. The molecule has 31 heavy (non-hydrogen) atoms. The van der Waals surface area contributed by atoms with Crippen molar-refractivity contribution < 1.29 is 18.3 Å². The molecule has 0 aliphatic carbocycles. The van der Waals surface area contributed by atoms with Crippen LogP contribution in [0.5, 0.6) is 0 Å². The molecule has 6 nitrogen and oxygen atoms in total. The van der Waals surface area contributed by atoms with Crippen molar-refractivity contribution >= 4 is 68.2 Å². The van der Waals surface area contributed by atoms with E-state index >= 15 is 0 Å². The number of anilines is 1. The number of nitrogens with zero attached hydrogens (tertiary/aromatic N) is 2. The summed E-state index contributed by atoms with van der Waals surface area (Å²) in [6, 6.07) is 10.2. The summed E-state index contributed by atoms with van der Waals surface area (Å²) >= 11 is 19.8. The van der Waals surface area contributed by atoms with Gasteiger partial charge in [0.25, 0.3) is 10.0 Å². The lowest BCUT2D eigenvalue weighted by Gasteiger charge is -2.32. The van der Waals surface area contributed by atoms with Crippen LogP contribution in [0, 0.1) is 0 Å². The Bertz CT molecular complexity index is 1050. The SMILES string of the molecule is C[C@H](CCN1CSC(C(=O)O)C1)N(c1cc(Cl)ccc1Cl)S(=O)(=O)c1ccc(Cl)cc1. The van der Waals surface area contributed by atoms with Crippen LogP contribution in [0.4, 0.5) is 5.69 Å². The predicted molar refractivity (Wildman–Crippen MR) is 127 cm³/mol. The van der Waals surface area contributed by atoms with Gasteiger partial charge in [0, 0.05) is 35.1 Å². The summed E-state index contributed by atoms with van der Waals surface area (Å²) in [5.41, 5.74) is 0.288. The molecule has 0 spiro atoms. The standard InChI is InChI=1S/C20H21Cl3N2O4S2/c1-13(8-9-24-11-19(20(26)27)30-12-24)25(18-10-15(22)4-7-17(18)23)31(28,29)16-5-2-14(21)3-6-16/h2-7,10,13,19H,8-9,11-12H2,1H3,(H,26,27)/t13-,19?/m1/s1. The van der Waals surface area contributed by atoms with Crippen LogP contribution >= 0.6 is 46.6 Å². The van der Waals surface area contributed by atoms with Gasteiger partial charge in [-0.25, -0.2) is 8.42 Å². The first kappa shape index (κ1) is 24.5. The Morgan fingerprint density at radius 3 is 2.45 bits per heavy atom. The van der Waals surface area contributed by atoms with E-state index in [9.17, 15) is 18.3 Å². The fourth-order valence-electron chi connectivity index (χ4n) is 3.31. The van der Waals surface area contributed by atoms with Gasteiger partial charge in [-0.05, 0) is 55.8 Å². The van der Waals surface area contributed by atoms with E-state index in [2.05, 4.69) is 0 Å². The number of hydrogen-bond donors (Lipinski definition) is 1. The third-order valence-corrected chi connectivity index (χ3v) is 8.95. The third-order valence-electron chi connectivity index (χ3n) is 4.94. The molecule has 2 aromatic rings. The van der Waals surface area contributed by atoms with Crippen molar-refractivity contribution in [1.29, 1.82) is 0 Å². The zero-order valence-corrected chi connectivity index (χ0v) is 20.4. The molecule has 2 aromatic carbocycles. The first-order valence-electron chi connectivity index (χ1n) is 9.41. The number of carboxylic acids is 1. The molecule has 2 atom stereocenters. The molecule has 1 fully saturated rings. The number of halogens is 3. The van der Waals surface area contributed by atoms with Gasteiger partial charge in [-0.1, -0.05) is 34.8 Å². The monoisotopic (exact) mass is 522 g/mol. The first-order chi connectivity index (χ1) is 14.6. The fourth-order valence-corrected chi connectivity index (χ4v) is 6.64. The van der Waals surface area contributed by atoms with Crippen LogP contribution in [0.1, 0.15) is 13.3 Å². The van der Waals surface area contributed by atoms with E-state index in [1.807, 2.05) is 4.90 Å². The van der Waals surface area contributed by atoms with Crippen LogP contribution in [-0.2, 0) is 14.8 Å². The Morgan fingerprint density at radius 1 is 1.19 bits per heavy atom. The molecule has 168 valence electrons. The van der Waals surface area contributed by atoms with Crippen molar-refractivity contribution in [2.75, 3.05) is 23.3 Å². The lowest BCUT2D eigenvalue weighted by Crippen LogP contribution is -2.41. The van der Waals surface area contributed by atoms with E-state index in [1.165, 1.54) is 46.4 Å². The predicted octanol–water partition coefficient (Wildman–Crippen LogP) is 5.08. The summed E-state index contributed by atoms with van der Waals surface area (Å²) in [5.74, 6) is -0.246. The summed E-state index contributed by atoms with van der Waals surface area (Å²) in [5, 5.41) is 9.77. The molecular weight excluding hydrogens is 503 g/mol. The van der Waals surface area contributed by atoms with E-state index in [4.69, 9.17) is 34.8 Å². The van der Waals surface area contributed by atoms with Crippen LogP contribution in [0.2, 0.25) is 15.1 Å². The molecule has 0 radical (unpaired) electrons. The Morgan fingerprint density at radius 2 is 1.84 bits per heavy atom. The maximum Gasteiger partial charge on any atom is 0.317 e. The highest BCUT2D eigenvalue weighted by molar-refractivity contribution is 8.00. The van der Waals surface area contributed by atoms with Gasteiger partial charge in [-0.2, -0.15) is 0 Å². The first-order valence-corrected chi connectivity index (χ1v) is 13.0. The van der Waals surface area contributed by atoms with E-state index in [-0.39, 0.29) is 15.6 Å². The highest BCUT2D eigenvalue weighted by Gasteiger charge is 2.33. The molecule has 0 bridgehead atoms. The van der Waals surface area contributed by atoms with Crippen LogP contribution in [0.25, 0.3) is 0 Å². The van der Waals surface area contributed by atoms with Crippen molar-refractivity contribution in [3.8, 4) is 0 Å². The topological polar surface area (TPSA) is 77.9 Å². The Labute approximate surface area is 201 Å². The Kier molecular flexibility index (Phi) is 8.05. The van der Waals surface area contributed by atoms with Gasteiger partial charge < -0.3 is 5.11 Å². The summed E-state index contributed by atoms with van der Waals surface area (Å²) in [6.07, 6.45) is 0.475. The zero-order chi connectivity index (χ0) is 22.8. The van der Waals surface area contributed by atoms with Gasteiger partial charge in [0.15, 0.2) is 0 Å². The van der Waals surface area contributed by atoms with Crippen LogP contribution in [0.15, 0.2) is 47.4 Å². The molecule has 0 saturated carbocycles. The van der Waals surface area contributed by atoms with Crippen molar-refractivity contribution in [2.45, 2.75) is 29.5 Å². The largest absolute Gasteiger partial charge is 0.480 e. The van der Waals surface area contributed by atoms with E-state index in [0.717, 1.165) is 0 Å². The number of hydrogen-bond acceptors (Lipinski definition) is 5. The Hall–Kier alpha value is -1.16. The second kappa shape index (κ2) is 10.2. The van der Waals surface area contributed by atoms with Gasteiger partial charge >= 0.3 is 5.97 Å². The smallest absolute Gasteiger partial charge is 0.317 e. The average Bonchev–Trinajstić information content (AvgIpc) is 3.19. The summed E-state index contributed by atoms with van der Waals surface area (Å²) in [6.45, 7) is 2.76. The molecular formula is C20H21Cl3N2O4S2. The number of thioether (sulfide) groups is 1. The molecule has 11 heteroatoms. The average molecular weight is 524 g/mol. The quantitative estimate of drug-likeness (QED) is 0.520. The summed E-state index contributed by atoms with van der Waals surface area (Å²) in [4.78, 5) is 13.3. The number of carboxylic acid groups (broad SMARTS) is 1. The van der Waals surface area contributed by atoms with Gasteiger partial charge in [0.2, 0.25) is 0 Å². The molecule has 1 heterocycles. The maximum absolute atomic E-state index is 13.6. The molecule has 3 rings (SSSR count). The van der Waals surface area contributed by atoms with Crippen LogP contribution in [0.3, 0.4) is 0 Å². The van der Waals surface area contributed by atoms with E-state index < -0.39 is 27.3 Å². The number of aliphatic carboxylic acids is 1. The third kappa shape index (κ3) is 5.80. The van der Waals surface area contributed by atoms with Crippen molar-refractivity contribution in [2.24, 2.45) is 0 Å². The molecule has 0 amide bonds. The van der Waals surface area contributed by atoms with E-state index in [1.54, 1.807) is 19.1 Å². The molecule has 1 saturated heterocycles. The van der Waals surface area contributed by atoms with Gasteiger partial charge in [-0.3, -0.25) is 14.0 Å². The maximum atomic E-state index is 13.6. The number of rotatable bonds is 8. The minimum atomic E-state index is -3.97. The molecule has 1 N–H and O–H groups in total. The van der Waals surface area contributed by atoms with Crippen molar-refractivity contribution in [3.63, 3.8) is 0 Å². The minimum Gasteiger partial charge on any atom is -0.480 e. The second-order valence-corrected chi connectivity index (χ2v) is 11.4. The zero-order valence-electron chi connectivity index (χ0n) is 16.5. The fraction of sp³-hybridized carbons (Fsp3) is 0.350. The second-order valence-electron chi connectivity index (χ2n) is 7.19. The van der Waals surface area contributed by atoms with Crippen molar-refractivity contribution in [1.82, 2.24) is 4.90 Å². The van der Waals surface area contributed by atoms with Gasteiger partial charge in [0.05, 0.1) is 15.6 Å². The number of benzene rings is 2. The Balaban J connectivity index is 1.90. The van der Waals surface area contributed by atoms with Gasteiger partial charge in [-0.15, -0.1) is 11.8 Å². The molecule has 1 aliphatic heterocycles. The van der Waals surface area contributed by atoms with Gasteiger partial charge in [0.1, 0.15) is 5.25 Å². The highest BCUT2D eigenvalue weighted by Crippen LogP contribution is 2.35. The molecule has 0 aromatic heterocycles. The number of sulfonamides is 1. The molecule has 1 unspecified atom stereocenters. The minimum absolute atomic E-state index is 0.0856. The normalized spacial score (nSPS) is 18.1. The highest BCUT2D eigenvalue weighted by atomic mass is 35.5. The van der Waals surface area contributed by atoms with E-state index in [0.29, 0.717) is 35.4 Å². The van der Waals surface area contributed by atoms with Crippen LogP contribution in [-0.4, -0.2) is 54.7 Å². The lowest BCUT2D eigenvalue weighted by molar-refractivity contribution is -0.136. The summed E-state index contributed by atoms with van der Waals surface area (Å²) < 4.78 is 28.4. The summed E-state index contributed by atoms with van der Waals surface area (Å²) in [7, 11) is -3.97.